The molecular weight excluding hydrogens is 332 g/mol. The van der Waals surface area contributed by atoms with Crippen molar-refractivity contribution in [1.29, 1.82) is 5.26 Å². The van der Waals surface area contributed by atoms with Gasteiger partial charge in [-0.2, -0.15) is 5.26 Å². The summed E-state index contributed by atoms with van der Waals surface area (Å²) in [6.45, 7) is 1.92. The van der Waals surface area contributed by atoms with E-state index in [4.69, 9.17) is 5.26 Å². The van der Waals surface area contributed by atoms with E-state index in [9.17, 15) is 4.79 Å². The van der Waals surface area contributed by atoms with Crippen molar-refractivity contribution in [3.05, 3.63) is 71.0 Å². The molecule has 1 aromatic carbocycles. The minimum Gasteiger partial charge on any atom is -0.349 e. The average molecular weight is 348 g/mol. The van der Waals surface area contributed by atoms with Crippen molar-refractivity contribution in [3.63, 3.8) is 0 Å². The Hall–Kier alpha value is -3.04. The molecule has 0 aliphatic rings. The van der Waals surface area contributed by atoms with E-state index in [-0.39, 0.29) is 18.4 Å². The van der Waals surface area contributed by atoms with Gasteiger partial charge < -0.3 is 5.32 Å². The number of pyridine rings is 1. The first-order valence-corrected chi connectivity index (χ1v) is 8.68. The molecule has 25 heavy (non-hydrogen) atoms. The largest absolute Gasteiger partial charge is 0.349 e. The number of thiazole rings is 1. The van der Waals surface area contributed by atoms with Crippen LogP contribution >= 0.6 is 11.3 Å². The molecule has 0 saturated carbocycles. The number of aromatic nitrogens is 2. The van der Waals surface area contributed by atoms with Crippen LogP contribution in [0.3, 0.4) is 0 Å². The molecule has 1 amide bonds. The van der Waals surface area contributed by atoms with Crippen molar-refractivity contribution in [2.45, 2.75) is 19.4 Å². The quantitative estimate of drug-likeness (QED) is 0.765. The third kappa shape index (κ3) is 4.28. The second-order valence-corrected chi connectivity index (χ2v) is 6.44. The third-order valence-electron chi connectivity index (χ3n) is 3.72. The summed E-state index contributed by atoms with van der Waals surface area (Å²) in [4.78, 5) is 20.8. The summed E-state index contributed by atoms with van der Waals surface area (Å²) in [5.74, 6) is -0.0834. The fraction of sp³-hybridized carbons (Fsp3) is 0.158. The fourth-order valence-corrected chi connectivity index (χ4v) is 3.21. The predicted octanol–water partition coefficient (Wildman–Crippen LogP) is 3.50. The lowest BCUT2D eigenvalue weighted by Crippen LogP contribution is -2.28. The standard InChI is InChI=1S/C19H16N4OS/c1-13(15-6-4-14(10-20)5-7-15)22-18(24)9-17-12-25-19(23-17)16-3-2-8-21-11-16/h2-8,11-13H,9H2,1H3,(H,22,24). The maximum Gasteiger partial charge on any atom is 0.226 e. The van der Waals surface area contributed by atoms with Crippen LogP contribution in [-0.4, -0.2) is 15.9 Å². The number of nitriles is 1. The lowest BCUT2D eigenvalue weighted by atomic mass is 10.1. The smallest absolute Gasteiger partial charge is 0.226 e. The number of hydrogen-bond donors (Lipinski definition) is 1. The van der Waals surface area contributed by atoms with E-state index in [1.54, 1.807) is 24.5 Å². The van der Waals surface area contributed by atoms with Crippen molar-refractivity contribution >= 4 is 17.2 Å². The SMILES string of the molecule is CC(NC(=O)Cc1csc(-c2cccnc2)n1)c1ccc(C#N)cc1. The van der Waals surface area contributed by atoms with Gasteiger partial charge in [0.1, 0.15) is 5.01 Å². The monoisotopic (exact) mass is 348 g/mol. The molecule has 3 aromatic rings. The van der Waals surface area contributed by atoms with Crippen molar-refractivity contribution in [3.8, 4) is 16.6 Å². The Bertz CT molecular complexity index is 897. The lowest BCUT2D eigenvalue weighted by molar-refractivity contribution is -0.121. The Morgan fingerprint density at radius 2 is 2.12 bits per heavy atom. The van der Waals surface area contributed by atoms with Crippen molar-refractivity contribution in [1.82, 2.24) is 15.3 Å². The van der Waals surface area contributed by atoms with Gasteiger partial charge in [0.05, 0.1) is 29.8 Å². The number of nitrogens with zero attached hydrogens (tertiary/aromatic N) is 3. The zero-order chi connectivity index (χ0) is 17.6. The van der Waals surface area contributed by atoms with Crippen LogP contribution in [0, 0.1) is 11.3 Å². The van der Waals surface area contributed by atoms with E-state index >= 15 is 0 Å². The lowest BCUT2D eigenvalue weighted by Gasteiger charge is -2.14. The number of amides is 1. The Kier molecular flexibility index (Phi) is 5.17. The van der Waals surface area contributed by atoms with Gasteiger partial charge in [-0.15, -0.1) is 11.3 Å². The summed E-state index contributed by atoms with van der Waals surface area (Å²) in [6, 6.07) is 13.0. The maximum absolute atomic E-state index is 12.3. The Morgan fingerprint density at radius 3 is 2.80 bits per heavy atom. The number of carbonyl (C=O) groups is 1. The van der Waals surface area contributed by atoms with Crippen LogP contribution in [-0.2, 0) is 11.2 Å². The van der Waals surface area contributed by atoms with Crippen LogP contribution in [0.25, 0.3) is 10.6 Å². The highest BCUT2D eigenvalue weighted by Crippen LogP contribution is 2.23. The maximum atomic E-state index is 12.3. The second kappa shape index (κ2) is 7.69. The molecule has 0 fully saturated rings. The first-order valence-electron chi connectivity index (χ1n) is 7.80. The third-order valence-corrected chi connectivity index (χ3v) is 4.66. The molecule has 0 saturated heterocycles. The Labute approximate surface area is 150 Å². The summed E-state index contributed by atoms with van der Waals surface area (Å²) in [5, 5.41) is 14.5. The van der Waals surface area contributed by atoms with Gasteiger partial charge in [-0.1, -0.05) is 12.1 Å². The molecule has 0 spiro atoms. The van der Waals surface area contributed by atoms with Gasteiger partial charge in [0.15, 0.2) is 0 Å². The number of benzene rings is 1. The molecule has 1 unspecified atom stereocenters. The molecule has 6 heteroatoms. The Morgan fingerprint density at radius 1 is 1.32 bits per heavy atom. The molecule has 124 valence electrons. The minimum atomic E-state index is -0.128. The van der Waals surface area contributed by atoms with Crippen LogP contribution in [0.15, 0.2) is 54.2 Å². The Balaban J connectivity index is 1.61. The predicted molar refractivity (Wildman–Crippen MR) is 96.8 cm³/mol. The fourth-order valence-electron chi connectivity index (χ4n) is 2.40. The zero-order valence-corrected chi connectivity index (χ0v) is 14.5. The molecule has 2 heterocycles. The molecule has 3 rings (SSSR count). The molecule has 0 radical (unpaired) electrons. The molecule has 0 aliphatic heterocycles. The molecular formula is C19H16N4OS. The summed E-state index contributed by atoms with van der Waals surface area (Å²) in [6.07, 6.45) is 3.71. The molecule has 2 aromatic heterocycles. The highest BCUT2D eigenvalue weighted by molar-refractivity contribution is 7.13. The molecule has 1 N–H and O–H groups in total. The normalized spacial score (nSPS) is 11.5. The van der Waals surface area contributed by atoms with Gasteiger partial charge in [0.2, 0.25) is 5.91 Å². The van der Waals surface area contributed by atoms with Crippen molar-refractivity contribution < 1.29 is 4.79 Å². The number of nitrogens with one attached hydrogen (secondary N) is 1. The molecule has 0 bridgehead atoms. The topological polar surface area (TPSA) is 78.7 Å². The van der Waals surface area contributed by atoms with E-state index < -0.39 is 0 Å². The molecule has 5 nitrogen and oxygen atoms in total. The highest BCUT2D eigenvalue weighted by Gasteiger charge is 2.12. The van der Waals surface area contributed by atoms with E-state index in [0.29, 0.717) is 5.56 Å². The molecule has 0 aliphatic carbocycles. The van der Waals surface area contributed by atoms with E-state index in [0.717, 1.165) is 21.8 Å². The van der Waals surface area contributed by atoms with E-state index in [2.05, 4.69) is 21.4 Å². The summed E-state index contributed by atoms with van der Waals surface area (Å²) >= 11 is 1.50. The first kappa shape index (κ1) is 16.8. The van der Waals surface area contributed by atoms with E-state index in [1.807, 2.05) is 36.6 Å². The van der Waals surface area contributed by atoms with Gasteiger partial charge in [-0.25, -0.2) is 4.98 Å². The number of hydrogen-bond acceptors (Lipinski definition) is 5. The highest BCUT2D eigenvalue weighted by atomic mass is 32.1. The van der Waals surface area contributed by atoms with Crippen LogP contribution in [0.4, 0.5) is 0 Å². The van der Waals surface area contributed by atoms with Crippen LogP contribution in [0.2, 0.25) is 0 Å². The minimum absolute atomic E-state index is 0.0834. The van der Waals surface area contributed by atoms with E-state index in [1.165, 1.54) is 11.3 Å². The van der Waals surface area contributed by atoms with Gasteiger partial charge in [0, 0.05) is 23.3 Å². The summed E-state index contributed by atoms with van der Waals surface area (Å²) in [5.41, 5.74) is 3.26. The van der Waals surface area contributed by atoms with Gasteiger partial charge in [-0.05, 0) is 36.8 Å². The number of rotatable bonds is 5. The van der Waals surface area contributed by atoms with Gasteiger partial charge in [-0.3, -0.25) is 9.78 Å². The first-order chi connectivity index (χ1) is 12.2. The van der Waals surface area contributed by atoms with Crippen molar-refractivity contribution in [2.24, 2.45) is 0 Å². The van der Waals surface area contributed by atoms with Gasteiger partial charge >= 0.3 is 0 Å². The second-order valence-electron chi connectivity index (χ2n) is 5.59. The zero-order valence-electron chi connectivity index (χ0n) is 13.6. The van der Waals surface area contributed by atoms with Crippen LogP contribution in [0.1, 0.15) is 29.8 Å². The van der Waals surface area contributed by atoms with Crippen molar-refractivity contribution in [2.75, 3.05) is 0 Å². The van der Waals surface area contributed by atoms with Crippen LogP contribution in [0.5, 0.6) is 0 Å². The number of carbonyl (C=O) groups excluding carboxylic acids is 1. The summed E-state index contributed by atoms with van der Waals surface area (Å²) in [7, 11) is 0. The van der Waals surface area contributed by atoms with Crippen LogP contribution < -0.4 is 5.32 Å². The molecule has 1 atom stereocenters. The summed E-state index contributed by atoms with van der Waals surface area (Å²) < 4.78 is 0. The van der Waals surface area contributed by atoms with Gasteiger partial charge in [0.25, 0.3) is 0 Å². The average Bonchev–Trinajstić information content (AvgIpc) is 3.10.